The maximum Gasteiger partial charge on any atom is 0.337 e. The van der Waals surface area contributed by atoms with Gasteiger partial charge in [-0.2, -0.15) is 0 Å². The summed E-state index contributed by atoms with van der Waals surface area (Å²) in [6.45, 7) is 0. The van der Waals surface area contributed by atoms with Gasteiger partial charge < -0.3 is 5.11 Å². The Morgan fingerprint density at radius 3 is 2.33 bits per heavy atom. The van der Waals surface area contributed by atoms with Crippen molar-refractivity contribution in [2.75, 3.05) is 0 Å². The molecule has 2 aromatic rings. The van der Waals surface area contributed by atoms with Gasteiger partial charge in [0.25, 0.3) is 0 Å². The highest BCUT2D eigenvalue weighted by Gasteiger charge is 1.97. The Morgan fingerprint density at radius 2 is 1.94 bits per heavy atom. The number of rotatable bonds is 2. The van der Waals surface area contributed by atoms with E-state index in [-0.39, 0.29) is 11.1 Å². The van der Waals surface area contributed by atoms with E-state index in [9.17, 15) is 14.0 Å². The number of carboxylic acids is 1. The number of halogens is 1. The molecular weight excluding hydrogens is 237 g/mol. The van der Waals surface area contributed by atoms with Crippen molar-refractivity contribution >= 4 is 12.3 Å². The van der Waals surface area contributed by atoms with E-state index in [1.807, 2.05) is 0 Å². The number of carboxylic acid groups (broad SMARTS) is 1. The Morgan fingerprint density at radius 1 is 1.22 bits per heavy atom. The van der Waals surface area contributed by atoms with Crippen molar-refractivity contribution in [2.45, 2.75) is 0 Å². The molecular formula is C13H10FNO3. The number of aldehydes is 1. The fraction of sp³-hybridized carbons (Fsp3) is 0. The van der Waals surface area contributed by atoms with Crippen LogP contribution in [0.4, 0.5) is 4.39 Å². The molecule has 5 heteroatoms. The molecule has 0 unspecified atom stereocenters. The second-order valence-electron chi connectivity index (χ2n) is 3.19. The van der Waals surface area contributed by atoms with Crippen LogP contribution in [0.1, 0.15) is 20.7 Å². The molecule has 1 N–H and O–H groups in total. The molecule has 0 spiro atoms. The molecule has 0 aliphatic heterocycles. The van der Waals surface area contributed by atoms with Crippen molar-refractivity contribution < 1.29 is 19.1 Å². The Kier molecular flexibility index (Phi) is 5.18. The second-order valence-corrected chi connectivity index (χ2v) is 3.19. The van der Waals surface area contributed by atoms with Gasteiger partial charge in [-0.15, -0.1) is 0 Å². The molecule has 0 aliphatic rings. The number of aromatic nitrogens is 1. The van der Waals surface area contributed by atoms with E-state index in [4.69, 9.17) is 5.11 Å². The summed E-state index contributed by atoms with van der Waals surface area (Å²) in [5, 5.41) is 8.34. The van der Waals surface area contributed by atoms with Crippen molar-refractivity contribution in [3.63, 3.8) is 0 Å². The first-order chi connectivity index (χ1) is 8.65. The van der Waals surface area contributed by atoms with Crippen molar-refractivity contribution in [1.82, 2.24) is 4.98 Å². The minimum Gasteiger partial charge on any atom is -0.478 e. The molecule has 0 bridgehead atoms. The molecule has 0 amide bonds. The average Bonchev–Trinajstić information content (AvgIpc) is 2.41. The van der Waals surface area contributed by atoms with Crippen LogP contribution >= 0.6 is 0 Å². The van der Waals surface area contributed by atoms with Gasteiger partial charge in [0.05, 0.1) is 11.1 Å². The van der Waals surface area contributed by atoms with Gasteiger partial charge in [-0.25, -0.2) is 9.18 Å². The zero-order valence-electron chi connectivity index (χ0n) is 9.29. The predicted molar refractivity (Wildman–Crippen MR) is 63.0 cm³/mol. The van der Waals surface area contributed by atoms with Gasteiger partial charge in [0.1, 0.15) is 5.82 Å². The summed E-state index contributed by atoms with van der Waals surface area (Å²) >= 11 is 0. The molecule has 0 fully saturated rings. The number of carbonyl (C=O) groups excluding carboxylic acids is 1. The van der Waals surface area contributed by atoms with Crippen LogP contribution in [0.15, 0.2) is 48.8 Å². The summed E-state index contributed by atoms with van der Waals surface area (Å²) in [4.78, 5) is 23.8. The number of hydrogen-bond acceptors (Lipinski definition) is 3. The minimum atomic E-state index is -0.942. The lowest BCUT2D eigenvalue weighted by molar-refractivity contribution is 0.0696. The molecule has 1 heterocycles. The highest BCUT2D eigenvalue weighted by Crippen LogP contribution is 2.01. The van der Waals surface area contributed by atoms with Crippen LogP contribution in [0.2, 0.25) is 0 Å². The summed E-state index contributed by atoms with van der Waals surface area (Å²) in [7, 11) is 0. The molecule has 1 aromatic carbocycles. The van der Waals surface area contributed by atoms with Crippen LogP contribution in [0.25, 0.3) is 0 Å². The molecule has 18 heavy (non-hydrogen) atoms. The Bertz CT molecular complexity index is 529. The molecule has 1 aromatic heterocycles. The van der Waals surface area contributed by atoms with Crippen molar-refractivity contribution in [3.8, 4) is 0 Å². The van der Waals surface area contributed by atoms with Gasteiger partial charge in [0, 0.05) is 12.4 Å². The first-order valence-electron chi connectivity index (χ1n) is 4.98. The first kappa shape index (κ1) is 13.5. The number of carbonyl (C=O) groups is 2. The highest BCUT2D eigenvalue weighted by molar-refractivity contribution is 5.86. The average molecular weight is 247 g/mol. The van der Waals surface area contributed by atoms with Gasteiger partial charge in [-0.05, 0) is 24.3 Å². The Balaban J connectivity index is 0.000000180. The molecule has 0 radical (unpaired) electrons. The Hall–Kier alpha value is -2.56. The van der Waals surface area contributed by atoms with Gasteiger partial charge >= 0.3 is 5.97 Å². The van der Waals surface area contributed by atoms with E-state index in [0.717, 1.165) is 0 Å². The first-order valence-corrected chi connectivity index (χ1v) is 4.98. The third-order valence-corrected chi connectivity index (χ3v) is 1.94. The smallest absolute Gasteiger partial charge is 0.337 e. The number of nitrogens with zero attached hydrogens (tertiary/aromatic N) is 1. The number of benzene rings is 1. The third-order valence-electron chi connectivity index (χ3n) is 1.94. The van der Waals surface area contributed by atoms with Crippen LogP contribution in [0.3, 0.4) is 0 Å². The molecule has 0 saturated carbocycles. The largest absolute Gasteiger partial charge is 0.478 e. The summed E-state index contributed by atoms with van der Waals surface area (Å²) in [6.07, 6.45) is 3.34. The SMILES string of the molecule is O=C(O)c1cccnc1.O=Cc1ccccc1F. The third kappa shape index (κ3) is 4.13. The fourth-order valence-electron chi connectivity index (χ4n) is 1.06. The lowest BCUT2D eigenvalue weighted by Crippen LogP contribution is -1.94. The van der Waals surface area contributed by atoms with Gasteiger partial charge in [-0.1, -0.05) is 12.1 Å². The highest BCUT2D eigenvalue weighted by atomic mass is 19.1. The quantitative estimate of drug-likeness (QED) is 0.827. The lowest BCUT2D eigenvalue weighted by Gasteiger charge is -1.88. The van der Waals surface area contributed by atoms with Gasteiger partial charge in [-0.3, -0.25) is 9.78 Å². The van der Waals surface area contributed by atoms with E-state index in [0.29, 0.717) is 6.29 Å². The fourth-order valence-corrected chi connectivity index (χ4v) is 1.06. The Labute approximate surface area is 103 Å². The van der Waals surface area contributed by atoms with Gasteiger partial charge in [0.15, 0.2) is 6.29 Å². The summed E-state index contributed by atoms with van der Waals surface area (Å²) in [5.41, 5.74) is 0.329. The predicted octanol–water partition coefficient (Wildman–Crippen LogP) is 2.42. The summed E-state index contributed by atoms with van der Waals surface area (Å²) in [5.74, 6) is -1.41. The van der Waals surface area contributed by atoms with Crippen LogP contribution < -0.4 is 0 Å². The van der Waals surface area contributed by atoms with Crippen LogP contribution in [0.5, 0.6) is 0 Å². The van der Waals surface area contributed by atoms with Crippen LogP contribution in [-0.4, -0.2) is 22.3 Å². The van der Waals surface area contributed by atoms with E-state index < -0.39 is 11.8 Å². The standard InChI is InChI=1S/C7H5FO.C6H5NO2/c8-7-4-2-1-3-6(7)5-9;8-6(9)5-2-1-3-7-4-5/h1-5H;1-4H,(H,8,9). The molecule has 2 rings (SSSR count). The molecule has 0 saturated heterocycles. The number of aromatic carboxylic acids is 1. The normalized spacial score (nSPS) is 8.94. The maximum atomic E-state index is 12.4. The monoisotopic (exact) mass is 247 g/mol. The minimum absolute atomic E-state index is 0.109. The molecule has 4 nitrogen and oxygen atoms in total. The van der Waals surface area contributed by atoms with Crippen LogP contribution in [-0.2, 0) is 0 Å². The molecule has 0 aliphatic carbocycles. The van der Waals surface area contributed by atoms with Crippen molar-refractivity contribution in [3.05, 3.63) is 65.7 Å². The summed E-state index contributed by atoms with van der Waals surface area (Å²) < 4.78 is 12.4. The summed E-state index contributed by atoms with van der Waals surface area (Å²) in [6, 6.07) is 8.93. The zero-order valence-corrected chi connectivity index (χ0v) is 9.29. The van der Waals surface area contributed by atoms with Crippen molar-refractivity contribution in [1.29, 1.82) is 0 Å². The lowest BCUT2D eigenvalue weighted by atomic mass is 10.2. The van der Waals surface area contributed by atoms with E-state index >= 15 is 0 Å². The van der Waals surface area contributed by atoms with E-state index in [2.05, 4.69) is 4.98 Å². The second kappa shape index (κ2) is 6.90. The maximum absolute atomic E-state index is 12.4. The molecule has 92 valence electrons. The molecule has 0 atom stereocenters. The van der Waals surface area contributed by atoms with E-state index in [1.54, 1.807) is 18.2 Å². The topological polar surface area (TPSA) is 67.3 Å². The zero-order chi connectivity index (χ0) is 13.4. The number of hydrogen-bond donors (Lipinski definition) is 1. The van der Waals surface area contributed by atoms with Crippen molar-refractivity contribution in [2.24, 2.45) is 0 Å². The van der Waals surface area contributed by atoms with Gasteiger partial charge in [0.2, 0.25) is 0 Å². The van der Waals surface area contributed by atoms with E-state index in [1.165, 1.54) is 30.6 Å². The van der Waals surface area contributed by atoms with Crippen LogP contribution in [0, 0.1) is 5.82 Å². The number of pyridine rings is 1.